The van der Waals surface area contributed by atoms with Crippen molar-refractivity contribution in [1.82, 2.24) is 5.32 Å². The molecule has 2 heterocycles. The van der Waals surface area contributed by atoms with Gasteiger partial charge in [0.2, 0.25) is 11.8 Å². The summed E-state index contributed by atoms with van der Waals surface area (Å²) in [5.41, 5.74) is 0.778. The first-order valence-electron chi connectivity index (χ1n) is 8.02. The van der Waals surface area contributed by atoms with E-state index in [1.54, 1.807) is 4.90 Å². The molecule has 0 bridgehead atoms. The average molecular weight is 318 g/mol. The van der Waals surface area contributed by atoms with E-state index in [4.69, 9.17) is 9.47 Å². The molecule has 0 spiro atoms. The summed E-state index contributed by atoms with van der Waals surface area (Å²) in [6.07, 6.45) is 0.812. The van der Waals surface area contributed by atoms with E-state index in [1.807, 2.05) is 32.0 Å². The molecule has 1 N–H and O–H groups in total. The van der Waals surface area contributed by atoms with Crippen LogP contribution in [0.15, 0.2) is 18.2 Å². The Hall–Kier alpha value is -2.24. The van der Waals surface area contributed by atoms with Crippen molar-refractivity contribution in [2.45, 2.75) is 32.7 Å². The molecule has 6 nitrogen and oxygen atoms in total. The third-order valence-electron chi connectivity index (χ3n) is 3.92. The van der Waals surface area contributed by atoms with E-state index in [9.17, 15) is 9.59 Å². The summed E-state index contributed by atoms with van der Waals surface area (Å²) in [4.78, 5) is 25.8. The molecule has 6 heteroatoms. The number of fused-ring (bicyclic) bond motifs is 1. The van der Waals surface area contributed by atoms with Gasteiger partial charge in [-0.3, -0.25) is 9.59 Å². The molecule has 1 unspecified atom stereocenters. The highest BCUT2D eigenvalue weighted by molar-refractivity contribution is 5.97. The molecule has 0 aromatic heterocycles. The van der Waals surface area contributed by atoms with Crippen molar-refractivity contribution in [3.8, 4) is 11.5 Å². The Morgan fingerprint density at radius 1 is 1.30 bits per heavy atom. The molecule has 0 radical (unpaired) electrons. The summed E-state index contributed by atoms with van der Waals surface area (Å²) < 4.78 is 11.1. The standard InChI is InChI=1S/C17H22N2O4/c1-11(2)7-16(20)18-12-8-17(21)19(10-12)13-3-4-14-15(9-13)23-6-5-22-14/h3-4,9,11-12H,5-8,10H2,1-2H3,(H,18,20). The van der Waals surface area contributed by atoms with E-state index in [2.05, 4.69) is 5.32 Å². The second-order valence-electron chi connectivity index (χ2n) is 6.40. The lowest BCUT2D eigenvalue weighted by Gasteiger charge is -2.22. The van der Waals surface area contributed by atoms with Crippen LogP contribution in [0.3, 0.4) is 0 Å². The van der Waals surface area contributed by atoms with E-state index in [0.717, 1.165) is 5.69 Å². The molecule has 124 valence electrons. The first kappa shape index (κ1) is 15.6. The van der Waals surface area contributed by atoms with Gasteiger partial charge in [-0.15, -0.1) is 0 Å². The van der Waals surface area contributed by atoms with Gasteiger partial charge in [-0.1, -0.05) is 13.8 Å². The smallest absolute Gasteiger partial charge is 0.229 e. The lowest BCUT2D eigenvalue weighted by Crippen LogP contribution is -2.37. The van der Waals surface area contributed by atoms with Crippen LogP contribution in [0.4, 0.5) is 5.69 Å². The van der Waals surface area contributed by atoms with Crippen LogP contribution < -0.4 is 19.7 Å². The quantitative estimate of drug-likeness (QED) is 0.918. The van der Waals surface area contributed by atoms with Crippen molar-refractivity contribution in [2.75, 3.05) is 24.7 Å². The summed E-state index contributed by atoms with van der Waals surface area (Å²) in [5, 5.41) is 2.95. The topological polar surface area (TPSA) is 67.9 Å². The fraction of sp³-hybridized carbons (Fsp3) is 0.529. The lowest BCUT2D eigenvalue weighted by molar-refractivity contribution is -0.122. The molecule has 1 atom stereocenters. The van der Waals surface area contributed by atoms with Crippen LogP contribution in [0, 0.1) is 5.92 Å². The maximum absolute atomic E-state index is 12.3. The predicted octanol–water partition coefficient (Wildman–Crippen LogP) is 1.73. The maximum Gasteiger partial charge on any atom is 0.229 e. The van der Waals surface area contributed by atoms with Crippen molar-refractivity contribution < 1.29 is 19.1 Å². The summed E-state index contributed by atoms with van der Waals surface area (Å²) in [6, 6.07) is 5.36. The monoisotopic (exact) mass is 318 g/mol. The Labute approximate surface area is 135 Å². The Kier molecular flexibility index (Phi) is 4.41. The van der Waals surface area contributed by atoms with Crippen molar-refractivity contribution in [1.29, 1.82) is 0 Å². The van der Waals surface area contributed by atoms with Gasteiger partial charge >= 0.3 is 0 Å². The Morgan fingerprint density at radius 3 is 2.78 bits per heavy atom. The van der Waals surface area contributed by atoms with Crippen molar-refractivity contribution in [3.63, 3.8) is 0 Å². The molecular formula is C17H22N2O4. The number of rotatable bonds is 4. The molecule has 0 aliphatic carbocycles. The van der Waals surface area contributed by atoms with Gasteiger partial charge in [0.15, 0.2) is 11.5 Å². The normalized spacial score (nSPS) is 20.0. The second kappa shape index (κ2) is 6.48. The predicted molar refractivity (Wildman–Crippen MR) is 85.8 cm³/mol. The number of carbonyl (C=O) groups excluding carboxylic acids is 2. The second-order valence-corrected chi connectivity index (χ2v) is 6.40. The molecule has 1 aromatic rings. The zero-order valence-electron chi connectivity index (χ0n) is 13.5. The van der Waals surface area contributed by atoms with E-state index in [0.29, 0.717) is 50.0 Å². The zero-order chi connectivity index (χ0) is 16.4. The van der Waals surface area contributed by atoms with E-state index in [1.165, 1.54) is 0 Å². The van der Waals surface area contributed by atoms with Crippen LogP contribution in [0.2, 0.25) is 0 Å². The molecule has 2 amide bonds. The summed E-state index contributed by atoms with van der Waals surface area (Å²) >= 11 is 0. The maximum atomic E-state index is 12.3. The van der Waals surface area contributed by atoms with Crippen LogP contribution in [-0.2, 0) is 9.59 Å². The summed E-state index contributed by atoms with van der Waals surface area (Å²) in [7, 11) is 0. The van der Waals surface area contributed by atoms with Gasteiger partial charge < -0.3 is 19.7 Å². The number of benzene rings is 1. The van der Waals surface area contributed by atoms with E-state index >= 15 is 0 Å². The van der Waals surface area contributed by atoms with Gasteiger partial charge in [-0.2, -0.15) is 0 Å². The Morgan fingerprint density at radius 2 is 2.04 bits per heavy atom. The minimum absolute atomic E-state index is 0.00169. The molecule has 23 heavy (non-hydrogen) atoms. The molecular weight excluding hydrogens is 296 g/mol. The molecule has 3 rings (SSSR count). The first-order chi connectivity index (χ1) is 11.0. The number of anilines is 1. The lowest BCUT2D eigenvalue weighted by atomic mass is 10.1. The van der Waals surface area contributed by atoms with Gasteiger partial charge in [0.1, 0.15) is 13.2 Å². The van der Waals surface area contributed by atoms with Crippen LogP contribution in [0.1, 0.15) is 26.7 Å². The van der Waals surface area contributed by atoms with Gasteiger partial charge in [0.05, 0.1) is 6.04 Å². The Balaban J connectivity index is 1.67. The SMILES string of the molecule is CC(C)CC(=O)NC1CC(=O)N(c2ccc3c(c2)OCCO3)C1. The van der Waals surface area contributed by atoms with Gasteiger partial charge in [0, 0.05) is 31.1 Å². The highest BCUT2D eigenvalue weighted by atomic mass is 16.6. The highest BCUT2D eigenvalue weighted by Gasteiger charge is 2.32. The number of ether oxygens (including phenoxy) is 2. The van der Waals surface area contributed by atoms with Gasteiger partial charge in [-0.25, -0.2) is 0 Å². The van der Waals surface area contributed by atoms with E-state index < -0.39 is 0 Å². The highest BCUT2D eigenvalue weighted by Crippen LogP contribution is 2.35. The van der Waals surface area contributed by atoms with E-state index in [-0.39, 0.29) is 17.9 Å². The average Bonchev–Trinajstić information content (AvgIpc) is 2.86. The van der Waals surface area contributed by atoms with Gasteiger partial charge in [-0.05, 0) is 18.1 Å². The van der Waals surface area contributed by atoms with Crippen molar-refractivity contribution >= 4 is 17.5 Å². The molecule has 2 aliphatic heterocycles. The molecule has 2 aliphatic rings. The Bertz CT molecular complexity index is 615. The number of nitrogens with zero attached hydrogens (tertiary/aromatic N) is 1. The minimum Gasteiger partial charge on any atom is -0.486 e. The van der Waals surface area contributed by atoms with Crippen molar-refractivity contribution in [3.05, 3.63) is 18.2 Å². The minimum atomic E-state index is -0.137. The summed E-state index contributed by atoms with van der Waals surface area (Å²) in [6.45, 7) is 5.54. The number of hydrogen-bond acceptors (Lipinski definition) is 4. The largest absolute Gasteiger partial charge is 0.486 e. The van der Waals surface area contributed by atoms with Crippen LogP contribution in [0.25, 0.3) is 0 Å². The van der Waals surface area contributed by atoms with Crippen molar-refractivity contribution in [2.24, 2.45) is 5.92 Å². The van der Waals surface area contributed by atoms with Gasteiger partial charge in [0.25, 0.3) is 0 Å². The molecule has 1 aromatic carbocycles. The number of amides is 2. The van der Waals surface area contributed by atoms with Crippen LogP contribution in [-0.4, -0.2) is 37.6 Å². The first-order valence-corrected chi connectivity index (χ1v) is 8.02. The molecule has 1 fully saturated rings. The number of hydrogen-bond donors (Lipinski definition) is 1. The fourth-order valence-corrected chi connectivity index (χ4v) is 2.91. The third kappa shape index (κ3) is 3.57. The molecule has 0 saturated carbocycles. The molecule has 1 saturated heterocycles. The fourth-order valence-electron chi connectivity index (χ4n) is 2.91. The van der Waals surface area contributed by atoms with Crippen LogP contribution >= 0.6 is 0 Å². The summed E-state index contributed by atoms with van der Waals surface area (Å²) in [5.74, 6) is 1.68. The zero-order valence-corrected chi connectivity index (χ0v) is 13.5. The van der Waals surface area contributed by atoms with Crippen LogP contribution in [0.5, 0.6) is 11.5 Å². The number of carbonyl (C=O) groups is 2. The number of nitrogens with one attached hydrogen (secondary N) is 1. The third-order valence-corrected chi connectivity index (χ3v) is 3.92.